The molecule has 2 atom stereocenters. The number of hydrogen-bond acceptors (Lipinski definition) is 3. The van der Waals surface area contributed by atoms with Crippen LogP contribution in [0.2, 0.25) is 0 Å². The Kier molecular flexibility index (Phi) is 7.59. The van der Waals surface area contributed by atoms with Gasteiger partial charge in [-0.2, -0.15) is 0 Å². The first-order chi connectivity index (χ1) is 9.49. The molecule has 2 amide bonds. The van der Waals surface area contributed by atoms with E-state index in [1.54, 1.807) is 0 Å². The Bertz CT molecular complexity index is 312. The third-order valence-electron chi connectivity index (χ3n) is 3.80. The van der Waals surface area contributed by atoms with E-state index in [0.717, 1.165) is 13.1 Å². The molecule has 1 aliphatic heterocycles. The average Bonchev–Trinajstić information content (AvgIpc) is 2.43. The van der Waals surface area contributed by atoms with Crippen molar-refractivity contribution in [2.24, 2.45) is 17.8 Å². The van der Waals surface area contributed by atoms with Crippen LogP contribution in [0.15, 0.2) is 0 Å². The lowest BCUT2D eigenvalue weighted by molar-refractivity contribution is -0.126. The highest BCUT2D eigenvalue weighted by atomic mass is 16.2. The zero-order valence-electron chi connectivity index (χ0n) is 13.0. The first-order valence-electron chi connectivity index (χ1n) is 7.73. The van der Waals surface area contributed by atoms with Crippen LogP contribution in [0.3, 0.4) is 0 Å². The zero-order chi connectivity index (χ0) is 15.0. The number of carbonyl (C=O) groups excluding carboxylic acids is 2. The lowest BCUT2D eigenvalue weighted by Gasteiger charge is -2.27. The Morgan fingerprint density at radius 3 is 2.55 bits per heavy atom. The lowest BCUT2D eigenvalue weighted by Crippen LogP contribution is -2.40. The van der Waals surface area contributed by atoms with Crippen molar-refractivity contribution in [3.05, 3.63) is 0 Å². The molecule has 5 heteroatoms. The standard InChI is InChI=1S/C15H29N3O2/c1-11(2)8-17-15(20)10-18-14(19)7-12(3)13-5-4-6-16-9-13/h11-13,16H,4-10H2,1-3H3,(H,17,20)(H,18,19). The van der Waals surface area contributed by atoms with Gasteiger partial charge in [0.25, 0.3) is 0 Å². The second kappa shape index (κ2) is 8.95. The topological polar surface area (TPSA) is 70.2 Å². The number of piperidine rings is 1. The van der Waals surface area contributed by atoms with Crippen LogP contribution in [0.1, 0.15) is 40.0 Å². The Labute approximate surface area is 122 Å². The summed E-state index contributed by atoms with van der Waals surface area (Å²) in [5.74, 6) is 1.22. The highest BCUT2D eigenvalue weighted by Gasteiger charge is 2.22. The number of rotatable bonds is 7. The molecule has 1 heterocycles. The fourth-order valence-corrected chi connectivity index (χ4v) is 2.46. The summed E-state index contributed by atoms with van der Waals surface area (Å²) in [6.45, 7) is 9.03. The SMILES string of the molecule is CC(C)CNC(=O)CNC(=O)CC(C)C1CCCNC1. The highest BCUT2D eigenvalue weighted by molar-refractivity contribution is 5.84. The molecule has 20 heavy (non-hydrogen) atoms. The molecule has 0 aromatic rings. The van der Waals surface area contributed by atoms with Gasteiger partial charge in [-0.25, -0.2) is 0 Å². The minimum absolute atomic E-state index is 0.0252. The van der Waals surface area contributed by atoms with Crippen molar-refractivity contribution in [3.63, 3.8) is 0 Å². The normalized spacial score (nSPS) is 20.5. The molecule has 2 unspecified atom stereocenters. The first-order valence-corrected chi connectivity index (χ1v) is 7.73. The molecule has 0 aromatic heterocycles. The van der Waals surface area contributed by atoms with Crippen molar-refractivity contribution in [3.8, 4) is 0 Å². The Morgan fingerprint density at radius 2 is 1.95 bits per heavy atom. The molecular formula is C15H29N3O2. The van der Waals surface area contributed by atoms with Crippen LogP contribution in [0, 0.1) is 17.8 Å². The summed E-state index contributed by atoms with van der Waals surface area (Å²) in [5, 5.41) is 8.87. The fraction of sp³-hybridized carbons (Fsp3) is 0.867. The largest absolute Gasteiger partial charge is 0.354 e. The van der Waals surface area contributed by atoms with E-state index >= 15 is 0 Å². The first kappa shape index (κ1) is 17.0. The minimum Gasteiger partial charge on any atom is -0.354 e. The van der Waals surface area contributed by atoms with E-state index in [0.29, 0.717) is 30.7 Å². The smallest absolute Gasteiger partial charge is 0.239 e. The third-order valence-corrected chi connectivity index (χ3v) is 3.80. The van der Waals surface area contributed by atoms with Gasteiger partial charge in [-0.3, -0.25) is 9.59 Å². The van der Waals surface area contributed by atoms with Crippen molar-refractivity contribution in [1.82, 2.24) is 16.0 Å². The van der Waals surface area contributed by atoms with Crippen molar-refractivity contribution < 1.29 is 9.59 Å². The molecule has 0 aromatic carbocycles. The van der Waals surface area contributed by atoms with Gasteiger partial charge < -0.3 is 16.0 Å². The summed E-state index contributed by atoms with van der Waals surface area (Å²) < 4.78 is 0. The Balaban J connectivity index is 2.17. The third kappa shape index (κ3) is 6.89. The van der Waals surface area contributed by atoms with Gasteiger partial charge in [0.05, 0.1) is 6.54 Å². The summed E-state index contributed by atoms with van der Waals surface area (Å²) in [7, 11) is 0. The number of nitrogens with one attached hydrogen (secondary N) is 3. The van der Waals surface area contributed by atoms with Crippen LogP contribution in [0.25, 0.3) is 0 Å². The van der Waals surface area contributed by atoms with E-state index in [1.165, 1.54) is 12.8 Å². The summed E-state index contributed by atoms with van der Waals surface area (Å²) >= 11 is 0. The van der Waals surface area contributed by atoms with E-state index in [-0.39, 0.29) is 18.4 Å². The van der Waals surface area contributed by atoms with Crippen LogP contribution in [0.5, 0.6) is 0 Å². The minimum atomic E-state index is -0.112. The van der Waals surface area contributed by atoms with E-state index < -0.39 is 0 Å². The molecule has 1 aliphatic rings. The zero-order valence-corrected chi connectivity index (χ0v) is 13.0. The van der Waals surface area contributed by atoms with E-state index in [9.17, 15) is 9.59 Å². The van der Waals surface area contributed by atoms with Crippen molar-refractivity contribution >= 4 is 11.8 Å². The predicted octanol–water partition coefficient (Wildman–Crippen LogP) is 0.901. The van der Waals surface area contributed by atoms with Crippen LogP contribution in [0.4, 0.5) is 0 Å². The van der Waals surface area contributed by atoms with E-state index in [4.69, 9.17) is 0 Å². The molecule has 0 spiro atoms. The van der Waals surface area contributed by atoms with Crippen molar-refractivity contribution in [2.45, 2.75) is 40.0 Å². The molecule has 1 saturated heterocycles. The molecule has 1 fully saturated rings. The molecule has 0 aliphatic carbocycles. The van der Waals surface area contributed by atoms with Crippen LogP contribution in [-0.4, -0.2) is 38.0 Å². The maximum Gasteiger partial charge on any atom is 0.239 e. The monoisotopic (exact) mass is 283 g/mol. The molecule has 3 N–H and O–H groups in total. The number of hydrogen-bond donors (Lipinski definition) is 3. The number of carbonyl (C=O) groups is 2. The van der Waals surface area contributed by atoms with Gasteiger partial charge in [0.2, 0.25) is 11.8 Å². The van der Waals surface area contributed by atoms with Crippen LogP contribution in [-0.2, 0) is 9.59 Å². The summed E-state index contributed by atoms with van der Waals surface area (Å²) in [6, 6.07) is 0. The predicted molar refractivity (Wildman–Crippen MR) is 80.2 cm³/mol. The molecule has 0 radical (unpaired) electrons. The van der Waals surface area contributed by atoms with Gasteiger partial charge in [0.15, 0.2) is 0 Å². The van der Waals surface area contributed by atoms with Gasteiger partial charge in [0, 0.05) is 13.0 Å². The Morgan fingerprint density at radius 1 is 1.20 bits per heavy atom. The summed E-state index contributed by atoms with van der Waals surface area (Å²) in [5.41, 5.74) is 0. The summed E-state index contributed by atoms with van der Waals surface area (Å²) in [4.78, 5) is 23.3. The van der Waals surface area contributed by atoms with E-state index in [2.05, 4.69) is 22.9 Å². The van der Waals surface area contributed by atoms with Gasteiger partial charge in [-0.1, -0.05) is 20.8 Å². The lowest BCUT2D eigenvalue weighted by atomic mass is 9.85. The molecule has 5 nitrogen and oxygen atoms in total. The van der Waals surface area contributed by atoms with Crippen molar-refractivity contribution in [1.29, 1.82) is 0 Å². The average molecular weight is 283 g/mol. The second-order valence-electron chi connectivity index (χ2n) is 6.26. The molecular weight excluding hydrogens is 254 g/mol. The highest BCUT2D eigenvalue weighted by Crippen LogP contribution is 2.22. The molecule has 1 rings (SSSR count). The van der Waals surface area contributed by atoms with Crippen LogP contribution >= 0.6 is 0 Å². The number of amides is 2. The van der Waals surface area contributed by atoms with E-state index in [1.807, 2.05) is 13.8 Å². The van der Waals surface area contributed by atoms with Gasteiger partial charge in [0.1, 0.15) is 0 Å². The van der Waals surface area contributed by atoms with Crippen LogP contribution < -0.4 is 16.0 Å². The molecule has 116 valence electrons. The maximum atomic E-state index is 11.8. The molecule has 0 saturated carbocycles. The maximum absolute atomic E-state index is 11.8. The fourth-order valence-electron chi connectivity index (χ4n) is 2.46. The van der Waals surface area contributed by atoms with Crippen molar-refractivity contribution in [2.75, 3.05) is 26.2 Å². The Hall–Kier alpha value is -1.10. The van der Waals surface area contributed by atoms with Gasteiger partial charge in [-0.05, 0) is 43.7 Å². The summed E-state index contributed by atoms with van der Waals surface area (Å²) in [6.07, 6.45) is 2.88. The van der Waals surface area contributed by atoms with Gasteiger partial charge >= 0.3 is 0 Å². The van der Waals surface area contributed by atoms with Gasteiger partial charge in [-0.15, -0.1) is 0 Å². The molecule has 0 bridgehead atoms. The second-order valence-corrected chi connectivity index (χ2v) is 6.26. The quantitative estimate of drug-likeness (QED) is 0.650.